The maximum Gasteiger partial charge on any atom is 0.244 e. The summed E-state index contributed by atoms with van der Waals surface area (Å²) in [6.07, 6.45) is 5.38. The second-order valence-electron chi connectivity index (χ2n) is 5.04. The van der Waals surface area contributed by atoms with Crippen LogP contribution in [-0.2, 0) is 10.0 Å². The highest BCUT2D eigenvalue weighted by Crippen LogP contribution is 2.25. The van der Waals surface area contributed by atoms with Gasteiger partial charge in [0.1, 0.15) is 10.7 Å². The highest BCUT2D eigenvalue weighted by atomic mass is 32.2. The highest BCUT2D eigenvalue weighted by molar-refractivity contribution is 7.89. The summed E-state index contributed by atoms with van der Waals surface area (Å²) in [6.45, 7) is 0.713. The number of rotatable bonds is 3. The van der Waals surface area contributed by atoms with Crippen LogP contribution in [0.25, 0.3) is 5.57 Å². The number of nitrogens with zero attached hydrogens (tertiary/aromatic N) is 2. The summed E-state index contributed by atoms with van der Waals surface area (Å²) in [6, 6.07) is 9.40. The molecule has 6 heteroatoms. The van der Waals surface area contributed by atoms with E-state index in [9.17, 15) is 12.8 Å². The monoisotopic (exact) mass is 318 g/mol. The Labute approximate surface area is 129 Å². The van der Waals surface area contributed by atoms with Crippen molar-refractivity contribution in [2.24, 2.45) is 0 Å². The number of halogens is 1. The lowest BCUT2D eigenvalue weighted by Crippen LogP contribution is -2.34. The van der Waals surface area contributed by atoms with Gasteiger partial charge in [0.15, 0.2) is 0 Å². The minimum atomic E-state index is -3.51. The zero-order valence-electron chi connectivity index (χ0n) is 11.8. The van der Waals surface area contributed by atoms with Gasteiger partial charge in [-0.2, -0.15) is 4.31 Å². The summed E-state index contributed by atoms with van der Waals surface area (Å²) in [4.78, 5) is 4.06. The third-order valence-electron chi connectivity index (χ3n) is 3.66. The van der Waals surface area contributed by atoms with E-state index in [1.165, 1.54) is 22.6 Å². The normalized spacial score (nSPS) is 16.3. The van der Waals surface area contributed by atoms with E-state index in [1.54, 1.807) is 30.5 Å². The summed E-state index contributed by atoms with van der Waals surface area (Å²) < 4.78 is 39.3. The third-order valence-corrected chi connectivity index (χ3v) is 5.51. The van der Waals surface area contributed by atoms with Crippen molar-refractivity contribution in [1.29, 1.82) is 0 Å². The molecule has 0 bridgehead atoms. The van der Waals surface area contributed by atoms with E-state index >= 15 is 0 Å². The molecular weight excluding hydrogens is 303 g/mol. The minimum absolute atomic E-state index is 0.202. The number of hydrogen-bond donors (Lipinski definition) is 0. The van der Waals surface area contributed by atoms with Crippen LogP contribution in [0.2, 0.25) is 0 Å². The topological polar surface area (TPSA) is 50.3 Å². The molecule has 0 atom stereocenters. The number of sulfonamides is 1. The Hall–Kier alpha value is -2.05. The lowest BCUT2D eigenvalue weighted by atomic mass is 10.0. The van der Waals surface area contributed by atoms with Crippen molar-refractivity contribution in [3.05, 3.63) is 66.2 Å². The van der Waals surface area contributed by atoms with Gasteiger partial charge in [-0.15, -0.1) is 0 Å². The van der Waals surface area contributed by atoms with Crippen LogP contribution >= 0.6 is 0 Å². The highest BCUT2D eigenvalue weighted by Gasteiger charge is 2.26. The van der Waals surface area contributed by atoms with Crippen molar-refractivity contribution >= 4 is 15.6 Å². The molecule has 4 nitrogen and oxygen atoms in total. The first-order valence-electron chi connectivity index (χ1n) is 6.92. The van der Waals surface area contributed by atoms with Gasteiger partial charge in [0.2, 0.25) is 10.0 Å². The molecule has 0 amide bonds. The van der Waals surface area contributed by atoms with Crippen molar-refractivity contribution in [1.82, 2.24) is 9.29 Å². The van der Waals surface area contributed by atoms with Gasteiger partial charge in [-0.05, 0) is 41.8 Å². The van der Waals surface area contributed by atoms with E-state index < -0.39 is 10.0 Å². The molecule has 0 aliphatic carbocycles. The summed E-state index contributed by atoms with van der Waals surface area (Å²) in [5.41, 5.74) is 1.97. The predicted molar refractivity (Wildman–Crippen MR) is 82.0 cm³/mol. The lowest BCUT2D eigenvalue weighted by molar-refractivity contribution is 0.441. The van der Waals surface area contributed by atoms with Crippen LogP contribution < -0.4 is 0 Å². The Balaban J connectivity index is 1.80. The van der Waals surface area contributed by atoms with Gasteiger partial charge in [-0.3, -0.25) is 4.98 Å². The Morgan fingerprint density at radius 3 is 2.50 bits per heavy atom. The Kier molecular flexibility index (Phi) is 4.04. The fourth-order valence-corrected chi connectivity index (χ4v) is 3.79. The second-order valence-corrected chi connectivity index (χ2v) is 6.98. The molecule has 0 unspecified atom stereocenters. The number of benzene rings is 1. The quantitative estimate of drug-likeness (QED) is 0.874. The molecule has 1 aromatic carbocycles. The van der Waals surface area contributed by atoms with Crippen LogP contribution in [0.4, 0.5) is 4.39 Å². The summed E-state index contributed by atoms with van der Waals surface area (Å²) in [5, 5.41) is 0. The second kappa shape index (κ2) is 5.98. The van der Waals surface area contributed by atoms with Crippen LogP contribution in [0.3, 0.4) is 0 Å². The summed E-state index contributed by atoms with van der Waals surface area (Å²) in [5.74, 6) is -0.277. The third kappa shape index (κ3) is 2.93. The van der Waals surface area contributed by atoms with Gasteiger partial charge < -0.3 is 0 Å². The molecule has 0 radical (unpaired) electrons. The maximum absolute atomic E-state index is 12.9. The molecule has 2 aromatic rings. The molecule has 0 fully saturated rings. The molecule has 22 heavy (non-hydrogen) atoms. The zero-order valence-corrected chi connectivity index (χ0v) is 12.6. The molecule has 1 aromatic heterocycles. The van der Waals surface area contributed by atoms with E-state index in [0.717, 1.165) is 11.1 Å². The Morgan fingerprint density at radius 1 is 1.14 bits per heavy atom. The number of pyridine rings is 1. The number of aromatic nitrogens is 1. The first-order chi connectivity index (χ1) is 10.6. The Bertz CT molecular complexity index is 787. The molecular formula is C16H15FN2O2S. The maximum atomic E-state index is 12.9. The predicted octanol–water partition coefficient (Wildman–Crippen LogP) is 2.70. The molecule has 0 spiro atoms. The smallest absolute Gasteiger partial charge is 0.244 e. The van der Waals surface area contributed by atoms with Gasteiger partial charge in [0, 0.05) is 25.5 Å². The van der Waals surface area contributed by atoms with E-state index in [2.05, 4.69) is 4.98 Å². The molecule has 2 heterocycles. The fourth-order valence-electron chi connectivity index (χ4n) is 2.44. The molecule has 0 N–H and O–H groups in total. The van der Waals surface area contributed by atoms with E-state index in [-0.39, 0.29) is 10.7 Å². The van der Waals surface area contributed by atoms with Crippen LogP contribution in [0.1, 0.15) is 12.0 Å². The van der Waals surface area contributed by atoms with Gasteiger partial charge in [0.05, 0.1) is 0 Å². The van der Waals surface area contributed by atoms with Crippen LogP contribution in [0.5, 0.6) is 0 Å². The van der Waals surface area contributed by atoms with E-state index in [1.807, 2.05) is 6.08 Å². The molecule has 1 aliphatic heterocycles. The standard InChI is InChI=1S/C16H15FN2O2S/c17-15-5-3-13(4-6-15)14-7-10-19(11-8-14)22(20,21)16-2-1-9-18-12-16/h1-7,9,12H,8,10-11H2. The molecule has 114 valence electrons. The van der Waals surface area contributed by atoms with Crippen LogP contribution in [-0.4, -0.2) is 30.8 Å². The van der Waals surface area contributed by atoms with Gasteiger partial charge in [0.25, 0.3) is 0 Å². The van der Waals surface area contributed by atoms with Crippen molar-refractivity contribution in [2.75, 3.05) is 13.1 Å². The van der Waals surface area contributed by atoms with Crippen molar-refractivity contribution in [3.63, 3.8) is 0 Å². The Morgan fingerprint density at radius 2 is 1.91 bits per heavy atom. The fraction of sp³-hybridized carbons (Fsp3) is 0.188. The molecule has 3 rings (SSSR count). The van der Waals surface area contributed by atoms with Crippen LogP contribution in [0.15, 0.2) is 59.8 Å². The van der Waals surface area contributed by atoms with E-state index in [0.29, 0.717) is 19.5 Å². The summed E-state index contributed by atoms with van der Waals surface area (Å²) >= 11 is 0. The largest absolute Gasteiger partial charge is 0.263 e. The number of hydrogen-bond acceptors (Lipinski definition) is 3. The molecule has 0 saturated carbocycles. The van der Waals surface area contributed by atoms with Crippen LogP contribution in [0, 0.1) is 5.82 Å². The average molecular weight is 318 g/mol. The lowest BCUT2D eigenvalue weighted by Gasteiger charge is -2.25. The molecule has 0 saturated heterocycles. The van der Waals surface area contributed by atoms with Gasteiger partial charge in [-0.25, -0.2) is 12.8 Å². The van der Waals surface area contributed by atoms with Gasteiger partial charge in [-0.1, -0.05) is 18.2 Å². The van der Waals surface area contributed by atoms with Crippen molar-refractivity contribution in [2.45, 2.75) is 11.3 Å². The van der Waals surface area contributed by atoms with E-state index in [4.69, 9.17) is 0 Å². The zero-order chi connectivity index (χ0) is 15.6. The van der Waals surface area contributed by atoms with Gasteiger partial charge >= 0.3 is 0 Å². The first kappa shape index (κ1) is 14.9. The summed E-state index contributed by atoms with van der Waals surface area (Å²) in [7, 11) is -3.51. The van der Waals surface area contributed by atoms with Crippen molar-refractivity contribution in [3.8, 4) is 0 Å². The SMILES string of the molecule is O=S(=O)(c1cccnc1)N1CC=C(c2ccc(F)cc2)CC1. The first-order valence-corrected chi connectivity index (χ1v) is 8.36. The minimum Gasteiger partial charge on any atom is -0.263 e. The average Bonchev–Trinajstić information content (AvgIpc) is 2.56. The molecule has 1 aliphatic rings. The van der Waals surface area contributed by atoms with Crippen molar-refractivity contribution < 1.29 is 12.8 Å².